The summed E-state index contributed by atoms with van der Waals surface area (Å²) in [5.41, 5.74) is 1.40. The standard InChI is InChI=1S/C15H23NO/c1-3-15(12-8-6-5-7-9-12)16-13-10-14(11-13)17-4-2/h5-9,13-16H,3-4,10-11H2,1-2H3. The Hall–Kier alpha value is -0.860. The summed E-state index contributed by atoms with van der Waals surface area (Å²) < 4.78 is 5.59. The van der Waals surface area contributed by atoms with Crippen molar-refractivity contribution in [3.05, 3.63) is 35.9 Å². The first kappa shape index (κ1) is 12.6. The van der Waals surface area contributed by atoms with Crippen LogP contribution in [0.4, 0.5) is 0 Å². The lowest BCUT2D eigenvalue weighted by Crippen LogP contribution is -2.46. The monoisotopic (exact) mass is 233 g/mol. The van der Waals surface area contributed by atoms with E-state index in [1.807, 2.05) is 0 Å². The van der Waals surface area contributed by atoms with Crippen molar-refractivity contribution in [2.75, 3.05) is 6.61 Å². The summed E-state index contributed by atoms with van der Waals surface area (Å²) in [7, 11) is 0. The Morgan fingerprint density at radius 2 is 1.94 bits per heavy atom. The molecule has 2 rings (SSSR count). The van der Waals surface area contributed by atoms with Crippen molar-refractivity contribution in [2.24, 2.45) is 0 Å². The fraction of sp³-hybridized carbons (Fsp3) is 0.600. The molecule has 1 fully saturated rings. The SMILES string of the molecule is CCOC1CC(NC(CC)c2ccccc2)C1. The summed E-state index contributed by atoms with van der Waals surface area (Å²) in [6, 6.07) is 11.8. The van der Waals surface area contributed by atoms with Gasteiger partial charge in [0.2, 0.25) is 0 Å². The van der Waals surface area contributed by atoms with E-state index in [0.717, 1.165) is 25.9 Å². The number of hydrogen-bond donors (Lipinski definition) is 1. The summed E-state index contributed by atoms with van der Waals surface area (Å²) in [4.78, 5) is 0. The number of benzene rings is 1. The summed E-state index contributed by atoms with van der Waals surface area (Å²) in [6.45, 7) is 5.15. The quantitative estimate of drug-likeness (QED) is 0.814. The van der Waals surface area contributed by atoms with Crippen LogP contribution in [-0.2, 0) is 4.74 Å². The minimum atomic E-state index is 0.490. The van der Waals surface area contributed by atoms with Gasteiger partial charge in [-0.15, -0.1) is 0 Å². The van der Waals surface area contributed by atoms with Crippen molar-refractivity contribution in [2.45, 2.75) is 51.3 Å². The highest BCUT2D eigenvalue weighted by Gasteiger charge is 2.30. The predicted molar refractivity (Wildman–Crippen MR) is 71.0 cm³/mol. The molecule has 1 aromatic carbocycles. The van der Waals surface area contributed by atoms with Gasteiger partial charge in [-0.3, -0.25) is 0 Å². The first-order valence-electron chi connectivity index (χ1n) is 6.76. The van der Waals surface area contributed by atoms with Crippen molar-refractivity contribution in [1.82, 2.24) is 5.32 Å². The molecule has 17 heavy (non-hydrogen) atoms. The summed E-state index contributed by atoms with van der Waals surface area (Å²) >= 11 is 0. The van der Waals surface area contributed by atoms with Crippen LogP contribution in [0.2, 0.25) is 0 Å². The van der Waals surface area contributed by atoms with Crippen LogP contribution in [0.3, 0.4) is 0 Å². The zero-order chi connectivity index (χ0) is 12.1. The third-order valence-corrected chi connectivity index (χ3v) is 3.54. The van der Waals surface area contributed by atoms with Crippen LogP contribution in [0.15, 0.2) is 30.3 Å². The van der Waals surface area contributed by atoms with Crippen molar-refractivity contribution in [3.8, 4) is 0 Å². The number of nitrogens with one attached hydrogen (secondary N) is 1. The number of hydrogen-bond acceptors (Lipinski definition) is 2. The summed E-state index contributed by atoms with van der Waals surface area (Å²) in [5, 5.41) is 3.73. The predicted octanol–water partition coefficient (Wildman–Crippen LogP) is 3.29. The molecule has 0 heterocycles. The Labute approximate surface area is 104 Å². The molecule has 0 aliphatic heterocycles. The minimum absolute atomic E-state index is 0.490. The molecular weight excluding hydrogens is 210 g/mol. The third-order valence-electron chi connectivity index (χ3n) is 3.54. The smallest absolute Gasteiger partial charge is 0.0604 e. The third kappa shape index (κ3) is 3.30. The van der Waals surface area contributed by atoms with Gasteiger partial charge in [0.1, 0.15) is 0 Å². The average molecular weight is 233 g/mol. The minimum Gasteiger partial charge on any atom is -0.378 e. The van der Waals surface area contributed by atoms with Gasteiger partial charge in [0.25, 0.3) is 0 Å². The molecule has 0 bridgehead atoms. The van der Waals surface area contributed by atoms with E-state index in [9.17, 15) is 0 Å². The van der Waals surface area contributed by atoms with Crippen molar-refractivity contribution in [1.29, 1.82) is 0 Å². The lowest BCUT2D eigenvalue weighted by molar-refractivity contribution is -0.0126. The Bertz CT molecular complexity index is 319. The lowest BCUT2D eigenvalue weighted by atomic mass is 9.87. The van der Waals surface area contributed by atoms with E-state index in [1.165, 1.54) is 5.56 Å². The van der Waals surface area contributed by atoms with Crippen LogP contribution < -0.4 is 5.32 Å². The van der Waals surface area contributed by atoms with Crippen LogP contribution in [0.25, 0.3) is 0 Å². The zero-order valence-corrected chi connectivity index (χ0v) is 10.9. The Kier molecular flexibility index (Phi) is 4.57. The molecule has 0 aromatic heterocycles. The Morgan fingerprint density at radius 1 is 1.24 bits per heavy atom. The van der Waals surface area contributed by atoms with E-state index >= 15 is 0 Å². The Morgan fingerprint density at radius 3 is 2.53 bits per heavy atom. The van der Waals surface area contributed by atoms with Crippen LogP contribution in [-0.4, -0.2) is 18.8 Å². The lowest BCUT2D eigenvalue weighted by Gasteiger charge is -2.38. The molecule has 2 nitrogen and oxygen atoms in total. The molecule has 2 heteroatoms. The zero-order valence-electron chi connectivity index (χ0n) is 10.9. The van der Waals surface area contributed by atoms with Gasteiger partial charge in [0.05, 0.1) is 6.10 Å². The molecule has 0 amide bonds. The number of ether oxygens (including phenoxy) is 1. The highest BCUT2D eigenvalue weighted by Crippen LogP contribution is 2.27. The fourth-order valence-electron chi connectivity index (χ4n) is 2.49. The van der Waals surface area contributed by atoms with Gasteiger partial charge in [-0.25, -0.2) is 0 Å². The van der Waals surface area contributed by atoms with E-state index < -0.39 is 0 Å². The van der Waals surface area contributed by atoms with Gasteiger partial charge >= 0.3 is 0 Å². The van der Waals surface area contributed by atoms with Gasteiger partial charge < -0.3 is 10.1 Å². The molecule has 1 atom stereocenters. The van der Waals surface area contributed by atoms with Crippen LogP contribution in [0.1, 0.15) is 44.7 Å². The molecule has 94 valence electrons. The molecule has 0 spiro atoms. The molecular formula is C15H23NO. The molecule has 0 radical (unpaired) electrons. The van der Waals surface area contributed by atoms with Gasteiger partial charge in [-0.2, -0.15) is 0 Å². The van der Waals surface area contributed by atoms with Gasteiger partial charge in [-0.1, -0.05) is 37.3 Å². The first-order valence-corrected chi connectivity index (χ1v) is 6.76. The van der Waals surface area contributed by atoms with Gasteiger partial charge in [-0.05, 0) is 31.7 Å². The van der Waals surface area contributed by atoms with Gasteiger partial charge in [0, 0.05) is 18.7 Å². The van der Waals surface area contributed by atoms with E-state index in [2.05, 4.69) is 49.5 Å². The Balaban J connectivity index is 1.82. The molecule has 1 aromatic rings. The second kappa shape index (κ2) is 6.18. The molecule has 1 aliphatic rings. The van der Waals surface area contributed by atoms with Crippen LogP contribution in [0, 0.1) is 0 Å². The van der Waals surface area contributed by atoms with Gasteiger partial charge in [0.15, 0.2) is 0 Å². The summed E-state index contributed by atoms with van der Waals surface area (Å²) in [6.07, 6.45) is 3.96. The normalized spacial score (nSPS) is 25.3. The second-order valence-electron chi connectivity index (χ2n) is 4.78. The van der Waals surface area contributed by atoms with E-state index in [-0.39, 0.29) is 0 Å². The maximum absolute atomic E-state index is 5.59. The number of rotatable bonds is 6. The largest absolute Gasteiger partial charge is 0.378 e. The topological polar surface area (TPSA) is 21.3 Å². The first-order chi connectivity index (χ1) is 8.33. The molecule has 0 saturated heterocycles. The molecule has 1 unspecified atom stereocenters. The molecule has 1 saturated carbocycles. The van der Waals surface area contributed by atoms with E-state index in [0.29, 0.717) is 18.2 Å². The van der Waals surface area contributed by atoms with Crippen molar-refractivity contribution >= 4 is 0 Å². The van der Waals surface area contributed by atoms with Crippen LogP contribution >= 0.6 is 0 Å². The van der Waals surface area contributed by atoms with Crippen LogP contribution in [0.5, 0.6) is 0 Å². The molecule has 1 aliphatic carbocycles. The fourth-order valence-corrected chi connectivity index (χ4v) is 2.49. The van der Waals surface area contributed by atoms with E-state index in [1.54, 1.807) is 0 Å². The summed E-state index contributed by atoms with van der Waals surface area (Å²) in [5.74, 6) is 0. The van der Waals surface area contributed by atoms with Crippen molar-refractivity contribution in [3.63, 3.8) is 0 Å². The second-order valence-corrected chi connectivity index (χ2v) is 4.78. The highest BCUT2D eigenvalue weighted by atomic mass is 16.5. The van der Waals surface area contributed by atoms with Crippen molar-refractivity contribution < 1.29 is 4.74 Å². The average Bonchev–Trinajstić information content (AvgIpc) is 2.33. The highest BCUT2D eigenvalue weighted by molar-refractivity contribution is 5.19. The van der Waals surface area contributed by atoms with E-state index in [4.69, 9.17) is 4.74 Å². The maximum atomic E-state index is 5.59. The maximum Gasteiger partial charge on any atom is 0.0604 e. The molecule has 1 N–H and O–H groups in total.